The fourth-order valence-electron chi connectivity index (χ4n) is 0.825. The average molecular weight is 269 g/mol. The molecule has 1 aromatic rings. The molecule has 0 radical (unpaired) electrons. The summed E-state index contributed by atoms with van der Waals surface area (Å²) in [6.45, 7) is -3.03. The van der Waals surface area contributed by atoms with Crippen LogP contribution in [-0.4, -0.2) is 12.9 Å². The molecule has 2 nitrogen and oxygen atoms in total. The lowest BCUT2D eigenvalue weighted by Gasteiger charge is -2.07. The third-order valence-corrected chi connectivity index (χ3v) is 2.16. The van der Waals surface area contributed by atoms with Crippen LogP contribution in [0.1, 0.15) is 10.4 Å². The minimum absolute atomic E-state index is 0.224. The maximum atomic E-state index is 13.1. The van der Waals surface area contributed by atoms with E-state index in [0.29, 0.717) is 0 Å². The van der Waals surface area contributed by atoms with Gasteiger partial charge in [-0.25, -0.2) is 4.39 Å². The Labute approximate surface area is 85.8 Å². The lowest BCUT2D eigenvalue weighted by molar-refractivity contribution is -0.0505. The molecular weight excluding hydrogens is 265 g/mol. The van der Waals surface area contributed by atoms with Crippen molar-refractivity contribution in [3.63, 3.8) is 0 Å². The highest BCUT2D eigenvalue weighted by molar-refractivity contribution is 9.10. The van der Waals surface area contributed by atoms with E-state index in [1.807, 2.05) is 0 Å². The number of carbonyl (C=O) groups excluding carboxylic acids is 1. The van der Waals surface area contributed by atoms with Gasteiger partial charge in [0, 0.05) is 0 Å². The Balaban J connectivity index is 3.10. The van der Waals surface area contributed by atoms with Crippen LogP contribution in [0.5, 0.6) is 5.75 Å². The number of aldehydes is 1. The summed E-state index contributed by atoms with van der Waals surface area (Å²) < 4.78 is 40.4. The lowest BCUT2D eigenvalue weighted by atomic mass is 10.2. The molecule has 0 fully saturated rings. The van der Waals surface area contributed by atoms with Crippen LogP contribution in [0, 0.1) is 5.82 Å². The maximum absolute atomic E-state index is 13.1. The Kier molecular flexibility index (Phi) is 3.51. The van der Waals surface area contributed by atoms with Gasteiger partial charge in [-0.2, -0.15) is 8.78 Å². The molecule has 0 spiro atoms. The quantitative estimate of drug-likeness (QED) is 0.788. The molecule has 0 aromatic heterocycles. The second-order valence-electron chi connectivity index (χ2n) is 2.28. The summed E-state index contributed by atoms with van der Waals surface area (Å²) in [5.74, 6) is -1.26. The van der Waals surface area contributed by atoms with E-state index in [4.69, 9.17) is 0 Å². The molecular formula is C8H4BrF3O2. The third kappa shape index (κ3) is 2.25. The second-order valence-corrected chi connectivity index (χ2v) is 3.07. The number of benzene rings is 1. The Morgan fingerprint density at radius 3 is 2.57 bits per heavy atom. The minimum atomic E-state index is -3.03. The zero-order chi connectivity index (χ0) is 10.7. The van der Waals surface area contributed by atoms with Crippen LogP contribution in [0.3, 0.4) is 0 Å². The average Bonchev–Trinajstić information content (AvgIpc) is 2.13. The first kappa shape index (κ1) is 11.0. The summed E-state index contributed by atoms with van der Waals surface area (Å²) in [5.41, 5.74) is -0.224. The van der Waals surface area contributed by atoms with Crippen LogP contribution < -0.4 is 4.74 Å². The van der Waals surface area contributed by atoms with Gasteiger partial charge < -0.3 is 4.74 Å². The monoisotopic (exact) mass is 268 g/mol. The molecule has 0 bridgehead atoms. The largest absolute Gasteiger partial charge is 0.434 e. The predicted molar refractivity (Wildman–Crippen MR) is 46.1 cm³/mol. The fraction of sp³-hybridized carbons (Fsp3) is 0.125. The second kappa shape index (κ2) is 4.45. The predicted octanol–water partition coefficient (Wildman–Crippen LogP) is 3.00. The van der Waals surface area contributed by atoms with Crippen molar-refractivity contribution in [2.24, 2.45) is 0 Å². The summed E-state index contributed by atoms with van der Waals surface area (Å²) in [5, 5.41) is 0. The van der Waals surface area contributed by atoms with Crippen LogP contribution >= 0.6 is 15.9 Å². The Morgan fingerprint density at radius 2 is 2.07 bits per heavy atom. The van der Waals surface area contributed by atoms with Crippen molar-refractivity contribution >= 4 is 22.2 Å². The molecule has 0 aliphatic carbocycles. The van der Waals surface area contributed by atoms with Gasteiger partial charge in [0.1, 0.15) is 5.75 Å². The summed E-state index contributed by atoms with van der Waals surface area (Å²) >= 11 is 2.71. The van der Waals surface area contributed by atoms with Crippen molar-refractivity contribution < 1.29 is 22.7 Å². The number of hydrogen-bond donors (Lipinski definition) is 0. The van der Waals surface area contributed by atoms with Crippen molar-refractivity contribution in [2.45, 2.75) is 6.61 Å². The van der Waals surface area contributed by atoms with Gasteiger partial charge in [0.25, 0.3) is 0 Å². The zero-order valence-electron chi connectivity index (χ0n) is 6.64. The van der Waals surface area contributed by atoms with Gasteiger partial charge in [-0.05, 0) is 28.1 Å². The van der Waals surface area contributed by atoms with Gasteiger partial charge in [0.15, 0.2) is 12.1 Å². The summed E-state index contributed by atoms with van der Waals surface area (Å²) in [6.07, 6.45) is 0.284. The molecule has 0 atom stereocenters. The van der Waals surface area contributed by atoms with Crippen LogP contribution in [0.25, 0.3) is 0 Å². The van der Waals surface area contributed by atoms with Gasteiger partial charge in [-0.3, -0.25) is 4.79 Å². The molecule has 0 heterocycles. The van der Waals surface area contributed by atoms with Crippen molar-refractivity contribution in [3.05, 3.63) is 28.0 Å². The van der Waals surface area contributed by atoms with Crippen molar-refractivity contribution in [1.29, 1.82) is 0 Å². The topological polar surface area (TPSA) is 26.3 Å². The van der Waals surface area contributed by atoms with Gasteiger partial charge in [0.2, 0.25) is 0 Å². The number of carbonyl (C=O) groups is 1. The Morgan fingerprint density at radius 1 is 1.43 bits per heavy atom. The Bertz CT molecular complexity index is 355. The molecule has 0 saturated carbocycles. The van der Waals surface area contributed by atoms with E-state index in [0.717, 1.165) is 12.1 Å². The molecule has 0 saturated heterocycles. The number of rotatable bonds is 3. The van der Waals surface area contributed by atoms with Gasteiger partial charge in [0.05, 0.1) is 10.0 Å². The number of alkyl halides is 2. The highest BCUT2D eigenvalue weighted by atomic mass is 79.9. The van der Waals surface area contributed by atoms with Crippen molar-refractivity contribution in [2.75, 3.05) is 0 Å². The Hall–Kier alpha value is -1.04. The molecule has 76 valence electrons. The third-order valence-electron chi connectivity index (χ3n) is 1.42. The van der Waals surface area contributed by atoms with Gasteiger partial charge in [-0.15, -0.1) is 0 Å². The summed E-state index contributed by atoms with van der Waals surface area (Å²) in [4.78, 5) is 10.3. The van der Waals surface area contributed by atoms with Crippen molar-refractivity contribution in [3.8, 4) is 5.75 Å². The molecule has 0 amide bonds. The van der Waals surface area contributed by atoms with Gasteiger partial charge >= 0.3 is 6.61 Å². The van der Waals surface area contributed by atoms with E-state index in [1.165, 1.54) is 0 Å². The molecule has 14 heavy (non-hydrogen) atoms. The molecule has 6 heteroatoms. The summed E-state index contributed by atoms with van der Waals surface area (Å²) in [7, 11) is 0. The fourth-order valence-corrected chi connectivity index (χ4v) is 1.28. The standard InChI is InChI=1S/C8H4BrF3O2/c9-6-5(14-8(11)12)2-1-4(3-13)7(6)10/h1-3,8H. The summed E-state index contributed by atoms with van der Waals surface area (Å²) in [6, 6.07) is 2.15. The van der Waals surface area contributed by atoms with E-state index < -0.39 is 12.4 Å². The molecule has 1 aromatic carbocycles. The normalized spacial score (nSPS) is 10.4. The first-order valence-electron chi connectivity index (χ1n) is 3.44. The van der Waals surface area contributed by atoms with E-state index in [1.54, 1.807) is 0 Å². The van der Waals surface area contributed by atoms with E-state index in [-0.39, 0.29) is 22.1 Å². The van der Waals surface area contributed by atoms with E-state index in [9.17, 15) is 18.0 Å². The maximum Gasteiger partial charge on any atom is 0.387 e. The first-order valence-corrected chi connectivity index (χ1v) is 4.23. The molecule has 0 aliphatic rings. The first-order chi connectivity index (χ1) is 6.56. The number of hydrogen-bond acceptors (Lipinski definition) is 2. The van der Waals surface area contributed by atoms with E-state index >= 15 is 0 Å². The van der Waals surface area contributed by atoms with Crippen LogP contribution in [0.4, 0.5) is 13.2 Å². The molecule has 0 aliphatic heterocycles. The van der Waals surface area contributed by atoms with Crippen LogP contribution in [-0.2, 0) is 0 Å². The molecule has 1 rings (SSSR count). The highest BCUT2D eigenvalue weighted by Gasteiger charge is 2.14. The highest BCUT2D eigenvalue weighted by Crippen LogP contribution is 2.30. The number of halogens is 4. The van der Waals surface area contributed by atoms with Crippen LogP contribution in [0.2, 0.25) is 0 Å². The SMILES string of the molecule is O=Cc1ccc(OC(F)F)c(Br)c1F. The van der Waals surface area contributed by atoms with Crippen LogP contribution in [0.15, 0.2) is 16.6 Å². The van der Waals surface area contributed by atoms with E-state index in [2.05, 4.69) is 20.7 Å². The minimum Gasteiger partial charge on any atom is -0.434 e. The smallest absolute Gasteiger partial charge is 0.387 e. The number of ether oxygens (including phenoxy) is 1. The zero-order valence-corrected chi connectivity index (χ0v) is 8.22. The molecule has 0 N–H and O–H groups in total. The lowest BCUT2D eigenvalue weighted by Crippen LogP contribution is -2.04. The molecule has 0 unspecified atom stereocenters. The van der Waals surface area contributed by atoms with Gasteiger partial charge in [-0.1, -0.05) is 0 Å². The van der Waals surface area contributed by atoms with Crippen molar-refractivity contribution in [1.82, 2.24) is 0 Å².